The molecule has 0 radical (unpaired) electrons. The minimum atomic E-state index is -0.682. The number of anilines is 1. The van der Waals surface area contributed by atoms with Crippen LogP contribution in [0.1, 0.15) is 23.6 Å². The summed E-state index contributed by atoms with van der Waals surface area (Å²) in [5, 5.41) is 37.7. The molecule has 5 rings (SSSR count). The summed E-state index contributed by atoms with van der Waals surface area (Å²) in [7, 11) is 0. The maximum absolute atomic E-state index is 12.7. The highest BCUT2D eigenvalue weighted by Gasteiger charge is 2.34. The summed E-state index contributed by atoms with van der Waals surface area (Å²) in [6, 6.07) is 20.0. The number of rotatable bonds is 3. The molecule has 3 N–H and O–H groups in total. The van der Waals surface area contributed by atoms with Crippen molar-refractivity contribution in [2.45, 2.75) is 12.5 Å². The first-order valence-electron chi connectivity index (χ1n) is 9.72. The first-order valence-corrected chi connectivity index (χ1v) is 9.72. The van der Waals surface area contributed by atoms with E-state index in [-0.39, 0.29) is 29.2 Å². The van der Waals surface area contributed by atoms with Gasteiger partial charge in [0.1, 0.15) is 28.4 Å². The SMILES string of the molecule is O=c1oc2ccccc2c(O)c1C1=NN(c2ccccc2)C(c2ccc(O)cc2O)C1. The molecule has 154 valence electrons. The Bertz CT molecular complexity index is 1380. The van der Waals surface area contributed by atoms with Gasteiger partial charge in [-0.1, -0.05) is 30.3 Å². The first-order chi connectivity index (χ1) is 15.0. The van der Waals surface area contributed by atoms with E-state index in [2.05, 4.69) is 5.10 Å². The van der Waals surface area contributed by atoms with E-state index >= 15 is 0 Å². The molecule has 4 aromatic rings. The van der Waals surface area contributed by atoms with Gasteiger partial charge in [0.15, 0.2) is 0 Å². The number of benzene rings is 3. The summed E-state index contributed by atoms with van der Waals surface area (Å²) >= 11 is 0. The van der Waals surface area contributed by atoms with Crippen LogP contribution in [0.15, 0.2) is 87.1 Å². The lowest BCUT2D eigenvalue weighted by Crippen LogP contribution is -2.18. The topological polar surface area (TPSA) is 106 Å². The number of nitrogens with zero attached hydrogens (tertiary/aromatic N) is 2. The van der Waals surface area contributed by atoms with E-state index in [9.17, 15) is 20.1 Å². The molecule has 1 atom stereocenters. The van der Waals surface area contributed by atoms with Crippen molar-refractivity contribution in [3.63, 3.8) is 0 Å². The molecule has 0 aliphatic carbocycles. The fourth-order valence-corrected chi connectivity index (χ4v) is 3.92. The highest BCUT2D eigenvalue weighted by molar-refractivity contribution is 6.08. The Hall–Kier alpha value is -4.26. The zero-order chi connectivity index (χ0) is 21.5. The predicted molar refractivity (Wildman–Crippen MR) is 117 cm³/mol. The molecule has 0 saturated carbocycles. The van der Waals surface area contributed by atoms with E-state index in [0.717, 1.165) is 5.69 Å². The van der Waals surface area contributed by atoms with Gasteiger partial charge in [0.25, 0.3) is 0 Å². The van der Waals surface area contributed by atoms with E-state index in [0.29, 0.717) is 22.2 Å². The van der Waals surface area contributed by atoms with E-state index in [4.69, 9.17) is 4.42 Å². The number of fused-ring (bicyclic) bond motifs is 1. The summed E-state index contributed by atoms with van der Waals surface area (Å²) in [4.78, 5) is 12.7. The van der Waals surface area contributed by atoms with Crippen molar-refractivity contribution < 1.29 is 19.7 Å². The fourth-order valence-electron chi connectivity index (χ4n) is 3.92. The molecular formula is C24H18N2O5. The third-order valence-electron chi connectivity index (χ3n) is 5.38. The van der Waals surface area contributed by atoms with Crippen LogP contribution in [-0.4, -0.2) is 21.0 Å². The Balaban J connectivity index is 1.67. The molecule has 0 bridgehead atoms. The monoisotopic (exact) mass is 414 g/mol. The van der Waals surface area contributed by atoms with Gasteiger partial charge in [0, 0.05) is 18.1 Å². The van der Waals surface area contributed by atoms with Gasteiger partial charge in [-0.3, -0.25) is 5.01 Å². The number of hydrazone groups is 1. The van der Waals surface area contributed by atoms with Crippen LogP contribution < -0.4 is 10.6 Å². The third kappa shape index (κ3) is 3.16. The van der Waals surface area contributed by atoms with Gasteiger partial charge in [-0.25, -0.2) is 4.79 Å². The molecule has 7 heteroatoms. The molecule has 31 heavy (non-hydrogen) atoms. The summed E-state index contributed by atoms with van der Waals surface area (Å²) in [6.07, 6.45) is 0.240. The lowest BCUT2D eigenvalue weighted by Gasteiger charge is -2.24. The molecule has 1 unspecified atom stereocenters. The Labute approximate surface area is 176 Å². The minimum absolute atomic E-state index is 0.000370. The Morgan fingerprint density at radius 1 is 0.935 bits per heavy atom. The van der Waals surface area contributed by atoms with Gasteiger partial charge >= 0.3 is 5.63 Å². The van der Waals surface area contributed by atoms with Crippen molar-refractivity contribution in [3.8, 4) is 17.2 Å². The van der Waals surface area contributed by atoms with Gasteiger partial charge in [0.2, 0.25) is 0 Å². The van der Waals surface area contributed by atoms with Crippen molar-refractivity contribution >= 4 is 22.4 Å². The highest BCUT2D eigenvalue weighted by Crippen LogP contribution is 2.41. The van der Waals surface area contributed by atoms with Crippen LogP contribution >= 0.6 is 0 Å². The number of aromatic hydroxyl groups is 3. The molecule has 0 saturated heterocycles. The lowest BCUT2D eigenvalue weighted by atomic mass is 9.97. The number of para-hydroxylation sites is 2. The number of hydrogen-bond donors (Lipinski definition) is 3. The molecule has 2 heterocycles. The van der Waals surface area contributed by atoms with Crippen molar-refractivity contribution in [3.05, 3.63) is 94.3 Å². The second-order valence-corrected chi connectivity index (χ2v) is 7.30. The second-order valence-electron chi connectivity index (χ2n) is 7.30. The van der Waals surface area contributed by atoms with E-state index in [1.165, 1.54) is 12.1 Å². The van der Waals surface area contributed by atoms with Crippen molar-refractivity contribution in [1.82, 2.24) is 0 Å². The smallest absolute Gasteiger partial charge is 0.349 e. The van der Waals surface area contributed by atoms with E-state index in [1.807, 2.05) is 30.3 Å². The molecule has 1 aliphatic heterocycles. The van der Waals surface area contributed by atoms with Gasteiger partial charge in [0.05, 0.1) is 22.8 Å². The summed E-state index contributed by atoms with van der Waals surface area (Å²) in [5.74, 6) is -0.328. The van der Waals surface area contributed by atoms with Gasteiger partial charge < -0.3 is 19.7 Å². The van der Waals surface area contributed by atoms with Crippen molar-refractivity contribution in [1.29, 1.82) is 0 Å². The number of phenols is 2. The third-order valence-corrected chi connectivity index (χ3v) is 5.38. The largest absolute Gasteiger partial charge is 0.508 e. The summed E-state index contributed by atoms with van der Waals surface area (Å²) < 4.78 is 5.41. The van der Waals surface area contributed by atoms with Crippen molar-refractivity contribution in [2.75, 3.05) is 5.01 Å². The molecule has 0 spiro atoms. The average Bonchev–Trinajstić information content (AvgIpc) is 3.19. The second kappa shape index (κ2) is 7.21. The Kier molecular flexibility index (Phi) is 4.36. The minimum Gasteiger partial charge on any atom is -0.508 e. The van der Waals surface area contributed by atoms with Crippen LogP contribution in [0.3, 0.4) is 0 Å². The lowest BCUT2D eigenvalue weighted by molar-refractivity contribution is 0.441. The number of hydrogen-bond acceptors (Lipinski definition) is 7. The predicted octanol–water partition coefficient (Wildman–Crippen LogP) is 4.27. The van der Waals surface area contributed by atoms with Crippen LogP contribution in [0.4, 0.5) is 5.69 Å². The maximum atomic E-state index is 12.7. The highest BCUT2D eigenvalue weighted by atomic mass is 16.4. The normalized spacial score (nSPS) is 15.9. The Morgan fingerprint density at radius 3 is 2.45 bits per heavy atom. The van der Waals surface area contributed by atoms with Gasteiger partial charge in [-0.2, -0.15) is 5.10 Å². The molecule has 0 fully saturated rings. The van der Waals surface area contributed by atoms with Gasteiger partial charge in [-0.15, -0.1) is 0 Å². The maximum Gasteiger partial charge on any atom is 0.349 e. The molecule has 1 aliphatic rings. The quantitative estimate of drug-likeness (QED) is 0.433. The molecule has 0 amide bonds. The number of phenolic OH excluding ortho intramolecular Hbond substituents is 2. The molecule has 7 nitrogen and oxygen atoms in total. The average molecular weight is 414 g/mol. The standard InChI is InChI=1S/C24H18N2O5/c27-15-10-11-16(20(28)12-15)19-13-18(25-26(19)14-6-2-1-3-7-14)22-23(29)17-8-4-5-9-21(17)31-24(22)30/h1-12,19,27-29H,13H2. The molecule has 1 aromatic heterocycles. The Morgan fingerprint density at radius 2 is 1.68 bits per heavy atom. The van der Waals surface area contributed by atoms with Crippen LogP contribution in [0.5, 0.6) is 17.2 Å². The summed E-state index contributed by atoms with van der Waals surface area (Å²) in [6.45, 7) is 0. The van der Waals surface area contributed by atoms with Crippen LogP contribution in [0, 0.1) is 0 Å². The fraction of sp³-hybridized carbons (Fsp3) is 0.0833. The van der Waals surface area contributed by atoms with Crippen LogP contribution in [-0.2, 0) is 0 Å². The first kappa shape index (κ1) is 18.7. The van der Waals surface area contributed by atoms with Crippen molar-refractivity contribution in [2.24, 2.45) is 5.10 Å². The summed E-state index contributed by atoms with van der Waals surface area (Å²) in [5.41, 5.74) is 1.24. The molecular weight excluding hydrogens is 396 g/mol. The van der Waals surface area contributed by atoms with Gasteiger partial charge in [-0.05, 0) is 36.4 Å². The zero-order valence-corrected chi connectivity index (χ0v) is 16.3. The van der Waals surface area contributed by atoms with Crippen LogP contribution in [0.25, 0.3) is 11.0 Å². The zero-order valence-electron chi connectivity index (χ0n) is 16.3. The van der Waals surface area contributed by atoms with E-state index < -0.39 is 11.7 Å². The van der Waals surface area contributed by atoms with E-state index in [1.54, 1.807) is 35.3 Å². The molecule has 3 aromatic carbocycles. The van der Waals surface area contributed by atoms with Crippen LogP contribution in [0.2, 0.25) is 0 Å².